The molecule has 3 rings (SSSR count). The standard InChI is InChI=1S/C19H21N3O2/c1-13(14-6-8-16(24-3)9-7-14)21-18(23)11-15-12-22(2)19-17(15)5-4-10-20-19/h4-10,12-13H,11H2,1-3H3,(H,21,23). The summed E-state index contributed by atoms with van der Waals surface area (Å²) in [6, 6.07) is 11.6. The summed E-state index contributed by atoms with van der Waals surface area (Å²) in [5.74, 6) is 0.801. The van der Waals surface area contributed by atoms with E-state index in [-0.39, 0.29) is 11.9 Å². The number of carbonyl (C=O) groups excluding carboxylic acids is 1. The van der Waals surface area contributed by atoms with Gasteiger partial charge in [-0.3, -0.25) is 4.79 Å². The first-order valence-corrected chi connectivity index (χ1v) is 7.90. The van der Waals surface area contributed by atoms with Crippen molar-refractivity contribution in [2.24, 2.45) is 7.05 Å². The van der Waals surface area contributed by atoms with Crippen molar-refractivity contribution in [2.75, 3.05) is 7.11 Å². The highest BCUT2D eigenvalue weighted by molar-refractivity contribution is 5.87. The summed E-state index contributed by atoms with van der Waals surface area (Å²) in [5.41, 5.74) is 2.92. The Morgan fingerprint density at radius 1 is 1.29 bits per heavy atom. The van der Waals surface area contributed by atoms with E-state index in [0.717, 1.165) is 27.9 Å². The molecule has 2 heterocycles. The van der Waals surface area contributed by atoms with E-state index < -0.39 is 0 Å². The van der Waals surface area contributed by atoms with E-state index in [4.69, 9.17) is 4.74 Å². The lowest BCUT2D eigenvalue weighted by Gasteiger charge is -2.14. The lowest BCUT2D eigenvalue weighted by Crippen LogP contribution is -2.28. The third-order valence-corrected chi connectivity index (χ3v) is 4.16. The van der Waals surface area contributed by atoms with Crippen LogP contribution in [0.15, 0.2) is 48.8 Å². The number of aromatic nitrogens is 2. The Morgan fingerprint density at radius 3 is 2.75 bits per heavy atom. The molecule has 0 spiro atoms. The maximum absolute atomic E-state index is 12.4. The summed E-state index contributed by atoms with van der Waals surface area (Å²) in [5, 5.41) is 4.07. The summed E-state index contributed by atoms with van der Waals surface area (Å²) < 4.78 is 7.11. The van der Waals surface area contributed by atoms with E-state index in [1.54, 1.807) is 13.3 Å². The molecule has 0 saturated heterocycles. The molecule has 0 radical (unpaired) electrons. The van der Waals surface area contributed by atoms with Gasteiger partial charge in [-0.2, -0.15) is 0 Å². The van der Waals surface area contributed by atoms with E-state index in [0.29, 0.717) is 6.42 Å². The van der Waals surface area contributed by atoms with Crippen molar-refractivity contribution in [1.29, 1.82) is 0 Å². The van der Waals surface area contributed by atoms with Crippen molar-refractivity contribution in [1.82, 2.24) is 14.9 Å². The number of methoxy groups -OCH3 is 1. The highest BCUT2D eigenvalue weighted by atomic mass is 16.5. The molecule has 0 aliphatic carbocycles. The van der Waals surface area contributed by atoms with Crippen molar-refractivity contribution < 1.29 is 9.53 Å². The normalized spacial score (nSPS) is 12.1. The summed E-state index contributed by atoms with van der Waals surface area (Å²) in [4.78, 5) is 16.8. The third kappa shape index (κ3) is 3.25. The molecule has 0 bridgehead atoms. The molecule has 0 saturated carbocycles. The molecule has 0 fully saturated rings. The van der Waals surface area contributed by atoms with Crippen molar-refractivity contribution in [3.8, 4) is 5.75 Å². The number of nitrogens with zero attached hydrogens (tertiary/aromatic N) is 2. The Bertz CT molecular complexity index is 853. The van der Waals surface area contributed by atoms with Crippen LogP contribution in [0.5, 0.6) is 5.75 Å². The number of hydrogen-bond donors (Lipinski definition) is 1. The molecular weight excluding hydrogens is 302 g/mol. The number of benzene rings is 1. The van der Waals surface area contributed by atoms with E-state index in [1.165, 1.54) is 0 Å². The first-order valence-electron chi connectivity index (χ1n) is 7.90. The molecule has 3 aromatic rings. The van der Waals surface area contributed by atoms with Gasteiger partial charge in [0.05, 0.1) is 19.6 Å². The number of hydrogen-bond acceptors (Lipinski definition) is 3. The molecule has 0 aliphatic heterocycles. The van der Waals surface area contributed by atoms with Gasteiger partial charge < -0.3 is 14.6 Å². The first kappa shape index (κ1) is 16.1. The number of pyridine rings is 1. The van der Waals surface area contributed by atoms with Crippen LogP contribution in [0.3, 0.4) is 0 Å². The number of aryl methyl sites for hydroxylation is 1. The predicted molar refractivity (Wildman–Crippen MR) is 94.0 cm³/mol. The quantitative estimate of drug-likeness (QED) is 0.785. The van der Waals surface area contributed by atoms with Crippen LogP contribution in [-0.2, 0) is 18.3 Å². The smallest absolute Gasteiger partial charge is 0.224 e. The van der Waals surface area contributed by atoms with Crippen LogP contribution in [0.2, 0.25) is 0 Å². The number of nitrogens with one attached hydrogen (secondary N) is 1. The predicted octanol–water partition coefficient (Wildman–Crippen LogP) is 3.00. The molecule has 1 unspecified atom stereocenters. The summed E-state index contributed by atoms with van der Waals surface area (Å²) in [6.45, 7) is 1.98. The first-order chi connectivity index (χ1) is 11.6. The van der Waals surface area contributed by atoms with Gasteiger partial charge in [-0.15, -0.1) is 0 Å². The summed E-state index contributed by atoms with van der Waals surface area (Å²) in [7, 11) is 3.58. The van der Waals surface area contributed by atoms with Gasteiger partial charge in [0, 0.05) is 24.8 Å². The van der Waals surface area contributed by atoms with Crippen LogP contribution >= 0.6 is 0 Å². The van der Waals surface area contributed by atoms with Crippen LogP contribution < -0.4 is 10.1 Å². The fourth-order valence-electron chi connectivity index (χ4n) is 2.88. The van der Waals surface area contributed by atoms with Crippen LogP contribution in [0.25, 0.3) is 11.0 Å². The lowest BCUT2D eigenvalue weighted by molar-refractivity contribution is -0.121. The SMILES string of the molecule is COc1ccc(C(C)NC(=O)Cc2cn(C)c3ncccc23)cc1. The van der Waals surface area contributed by atoms with Crippen molar-refractivity contribution >= 4 is 16.9 Å². The minimum absolute atomic E-state index is 0.00493. The lowest BCUT2D eigenvalue weighted by atomic mass is 10.1. The second-order valence-electron chi connectivity index (χ2n) is 5.88. The minimum atomic E-state index is -0.0588. The maximum Gasteiger partial charge on any atom is 0.224 e. The number of amides is 1. The third-order valence-electron chi connectivity index (χ3n) is 4.16. The Labute approximate surface area is 141 Å². The molecular formula is C19H21N3O2. The van der Waals surface area contributed by atoms with E-state index in [2.05, 4.69) is 10.3 Å². The van der Waals surface area contributed by atoms with E-state index in [9.17, 15) is 4.79 Å². The zero-order chi connectivity index (χ0) is 17.1. The van der Waals surface area contributed by atoms with Gasteiger partial charge in [0.2, 0.25) is 5.91 Å². The van der Waals surface area contributed by atoms with Gasteiger partial charge in [-0.25, -0.2) is 4.98 Å². The Balaban J connectivity index is 1.70. The Kier molecular flexibility index (Phi) is 4.51. The number of ether oxygens (including phenoxy) is 1. The average Bonchev–Trinajstić information content (AvgIpc) is 2.91. The molecule has 24 heavy (non-hydrogen) atoms. The van der Waals surface area contributed by atoms with Gasteiger partial charge in [0.25, 0.3) is 0 Å². The number of fused-ring (bicyclic) bond motifs is 1. The van der Waals surface area contributed by atoms with E-state index >= 15 is 0 Å². The zero-order valence-corrected chi connectivity index (χ0v) is 14.1. The molecule has 2 aromatic heterocycles. The van der Waals surface area contributed by atoms with Crippen LogP contribution in [0.4, 0.5) is 0 Å². The largest absolute Gasteiger partial charge is 0.497 e. The van der Waals surface area contributed by atoms with Gasteiger partial charge in [-0.1, -0.05) is 12.1 Å². The van der Waals surface area contributed by atoms with Gasteiger partial charge in [-0.05, 0) is 42.3 Å². The maximum atomic E-state index is 12.4. The van der Waals surface area contributed by atoms with Crippen LogP contribution in [0.1, 0.15) is 24.1 Å². The van der Waals surface area contributed by atoms with Gasteiger partial charge in [0.1, 0.15) is 11.4 Å². The molecule has 1 amide bonds. The van der Waals surface area contributed by atoms with Crippen molar-refractivity contribution in [2.45, 2.75) is 19.4 Å². The van der Waals surface area contributed by atoms with E-state index in [1.807, 2.05) is 61.1 Å². The van der Waals surface area contributed by atoms with Crippen LogP contribution in [0, 0.1) is 0 Å². The monoisotopic (exact) mass is 323 g/mol. The average molecular weight is 323 g/mol. The second kappa shape index (κ2) is 6.74. The molecule has 1 N–H and O–H groups in total. The molecule has 5 nitrogen and oxygen atoms in total. The Hall–Kier alpha value is -2.82. The fourth-order valence-corrected chi connectivity index (χ4v) is 2.88. The number of carbonyl (C=O) groups is 1. The van der Waals surface area contributed by atoms with Gasteiger partial charge >= 0.3 is 0 Å². The second-order valence-corrected chi connectivity index (χ2v) is 5.88. The molecule has 1 aromatic carbocycles. The molecule has 0 aliphatic rings. The molecule has 1 atom stereocenters. The van der Waals surface area contributed by atoms with Crippen molar-refractivity contribution in [3.63, 3.8) is 0 Å². The summed E-state index contributed by atoms with van der Waals surface area (Å²) in [6.07, 6.45) is 4.07. The molecule has 124 valence electrons. The Morgan fingerprint density at radius 2 is 2.04 bits per heavy atom. The highest BCUT2D eigenvalue weighted by Crippen LogP contribution is 2.20. The summed E-state index contributed by atoms with van der Waals surface area (Å²) >= 11 is 0. The highest BCUT2D eigenvalue weighted by Gasteiger charge is 2.14. The fraction of sp³-hybridized carbons (Fsp3) is 0.263. The van der Waals surface area contributed by atoms with Gasteiger partial charge in [0.15, 0.2) is 0 Å². The zero-order valence-electron chi connectivity index (χ0n) is 14.1. The topological polar surface area (TPSA) is 56.1 Å². The molecule has 5 heteroatoms. The van der Waals surface area contributed by atoms with Crippen LogP contribution in [-0.4, -0.2) is 22.6 Å². The van der Waals surface area contributed by atoms with Crippen molar-refractivity contribution in [3.05, 3.63) is 59.9 Å². The number of rotatable bonds is 5. The minimum Gasteiger partial charge on any atom is -0.497 e.